The highest BCUT2D eigenvalue weighted by Gasteiger charge is 2.05. The van der Waals surface area contributed by atoms with Crippen LogP contribution in [0.25, 0.3) is 0 Å². The van der Waals surface area contributed by atoms with E-state index >= 15 is 0 Å². The van der Waals surface area contributed by atoms with Crippen molar-refractivity contribution >= 4 is 17.3 Å². The van der Waals surface area contributed by atoms with E-state index in [0.29, 0.717) is 5.92 Å². The van der Waals surface area contributed by atoms with Crippen LogP contribution in [-0.4, -0.2) is 31.1 Å². The monoisotopic (exact) mass is 344 g/mol. The number of guanidine groups is 1. The van der Waals surface area contributed by atoms with Crippen LogP contribution in [0.3, 0.4) is 0 Å². The second-order valence-corrected chi connectivity index (χ2v) is 6.99. The Hall–Kier alpha value is -1.88. The normalized spacial score (nSPS) is 11.8. The Kier molecular flexibility index (Phi) is 7.75. The molecule has 130 valence electrons. The Balaban J connectivity index is 1.63. The number of aryl methyl sites for hydroxylation is 1. The zero-order valence-electron chi connectivity index (χ0n) is 14.9. The molecule has 0 bridgehead atoms. The molecule has 0 aliphatic carbocycles. The van der Waals surface area contributed by atoms with Crippen LogP contribution >= 0.6 is 11.3 Å². The Bertz CT molecular complexity index is 619. The van der Waals surface area contributed by atoms with Gasteiger partial charge in [0.25, 0.3) is 0 Å². The Labute approximate surface area is 149 Å². The highest BCUT2D eigenvalue weighted by atomic mass is 32.1. The molecular weight excluding hydrogens is 316 g/mol. The average Bonchev–Trinajstić information content (AvgIpc) is 3.07. The number of hydrogen-bond acceptors (Lipinski definition) is 3. The Morgan fingerprint density at radius 3 is 2.54 bits per heavy atom. The van der Waals surface area contributed by atoms with Crippen LogP contribution in [0.4, 0.5) is 0 Å². The number of hydrogen-bond donors (Lipinski definition) is 2. The van der Waals surface area contributed by atoms with Gasteiger partial charge in [-0.2, -0.15) is 0 Å². The molecule has 24 heavy (non-hydrogen) atoms. The van der Waals surface area contributed by atoms with Crippen LogP contribution < -0.4 is 10.6 Å². The predicted octanol–water partition coefficient (Wildman–Crippen LogP) is 3.61. The molecule has 0 spiro atoms. The van der Waals surface area contributed by atoms with Crippen LogP contribution in [-0.2, 0) is 12.8 Å². The van der Waals surface area contributed by atoms with E-state index in [4.69, 9.17) is 0 Å². The molecule has 0 amide bonds. The summed E-state index contributed by atoms with van der Waals surface area (Å²) in [4.78, 5) is 8.93. The first-order chi connectivity index (χ1) is 11.7. The molecule has 0 atom stereocenters. The summed E-state index contributed by atoms with van der Waals surface area (Å²) in [5.41, 5.74) is 2.54. The van der Waals surface area contributed by atoms with Crippen LogP contribution in [0.1, 0.15) is 42.5 Å². The number of nitrogens with zero attached hydrogens (tertiary/aromatic N) is 2. The number of benzene rings is 1. The molecule has 0 fully saturated rings. The quantitative estimate of drug-likeness (QED) is 0.437. The molecule has 0 saturated heterocycles. The summed E-state index contributed by atoms with van der Waals surface area (Å²) in [5, 5.41) is 10.1. The van der Waals surface area contributed by atoms with Crippen molar-refractivity contribution < 1.29 is 0 Å². The molecule has 2 N–H and O–H groups in total. The lowest BCUT2D eigenvalue weighted by molar-refractivity contribution is 0.735. The first-order valence-electron chi connectivity index (χ1n) is 8.61. The van der Waals surface area contributed by atoms with Gasteiger partial charge in [0.15, 0.2) is 5.96 Å². The van der Waals surface area contributed by atoms with Crippen LogP contribution in [0.5, 0.6) is 0 Å². The third-order valence-corrected chi connectivity index (χ3v) is 4.93. The fourth-order valence-corrected chi connectivity index (χ4v) is 3.25. The highest BCUT2D eigenvalue weighted by Crippen LogP contribution is 2.19. The second kappa shape index (κ2) is 10.1. The van der Waals surface area contributed by atoms with Gasteiger partial charge in [0.1, 0.15) is 0 Å². The third kappa shape index (κ3) is 6.32. The molecule has 0 aliphatic heterocycles. The number of thiazole rings is 1. The van der Waals surface area contributed by atoms with Crippen molar-refractivity contribution in [2.45, 2.75) is 39.0 Å². The summed E-state index contributed by atoms with van der Waals surface area (Å²) >= 11 is 1.75. The molecule has 5 heteroatoms. The van der Waals surface area contributed by atoms with E-state index in [1.807, 2.05) is 7.05 Å². The molecule has 1 aromatic heterocycles. The highest BCUT2D eigenvalue weighted by molar-refractivity contribution is 7.09. The van der Waals surface area contributed by atoms with Crippen molar-refractivity contribution in [3.05, 3.63) is 52.0 Å². The lowest BCUT2D eigenvalue weighted by Gasteiger charge is -2.11. The van der Waals surface area contributed by atoms with Gasteiger partial charge in [0, 0.05) is 37.9 Å². The standard InChI is InChI=1S/C19H28N4S/c1-15(2)18-23-17(14-24-18)11-13-22-19(20-3)21-12-7-10-16-8-5-4-6-9-16/h4-6,8-9,14-15H,7,10-13H2,1-3H3,(H2,20,21,22). The first kappa shape index (κ1) is 18.5. The number of nitrogens with one attached hydrogen (secondary N) is 2. The van der Waals surface area contributed by atoms with Crippen molar-refractivity contribution in [1.29, 1.82) is 0 Å². The van der Waals surface area contributed by atoms with Gasteiger partial charge in [-0.15, -0.1) is 11.3 Å². The van der Waals surface area contributed by atoms with Gasteiger partial charge in [0.2, 0.25) is 0 Å². The minimum Gasteiger partial charge on any atom is -0.356 e. The Morgan fingerprint density at radius 2 is 1.88 bits per heavy atom. The topological polar surface area (TPSA) is 49.3 Å². The smallest absolute Gasteiger partial charge is 0.190 e. The summed E-state index contributed by atoms with van der Waals surface area (Å²) in [5.74, 6) is 1.37. The molecule has 4 nitrogen and oxygen atoms in total. The SMILES string of the molecule is CN=C(NCCCc1ccccc1)NCCc1csc(C(C)C)n1. The lowest BCUT2D eigenvalue weighted by atomic mass is 10.1. The van der Waals surface area contributed by atoms with Gasteiger partial charge < -0.3 is 10.6 Å². The van der Waals surface area contributed by atoms with Gasteiger partial charge in [0.05, 0.1) is 10.7 Å². The molecular formula is C19H28N4S. The predicted molar refractivity (Wildman–Crippen MR) is 104 cm³/mol. The fourth-order valence-electron chi connectivity index (χ4n) is 2.38. The zero-order valence-corrected chi connectivity index (χ0v) is 15.7. The molecule has 1 aromatic carbocycles. The van der Waals surface area contributed by atoms with E-state index in [1.165, 1.54) is 10.6 Å². The van der Waals surface area contributed by atoms with Gasteiger partial charge in [-0.3, -0.25) is 4.99 Å². The van der Waals surface area contributed by atoms with Crippen molar-refractivity contribution in [3.8, 4) is 0 Å². The van der Waals surface area contributed by atoms with Gasteiger partial charge >= 0.3 is 0 Å². The maximum Gasteiger partial charge on any atom is 0.190 e. The van der Waals surface area contributed by atoms with Gasteiger partial charge in [-0.1, -0.05) is 44.2 Å². The molecule has 0 unspecified atom stereocenters. The summed E-state index contributed by atoms with van der Waals surface area (Å²) in [6, 6.07) is 10.6. The summed E-state index contributed by atoms with van der Waals surface area (Å²) in [6.07, 6.45) is 3.10. The van der Waals surface area contributed by atoms with E-state index < -0.39 is 0 Å². The van der Waals surface area contributed by atoms with Crippen molar-refractivity contribution in [3.63, 3.8) is 0 Å². The maximum absolute atomic E-state index is 4.66. The third-order valence-electron chi connectivity index (χ3n) is 3.74. The van der Waals surface area contributed by atoms with E-state index in [2.05, 4.69) is 70.2 Å². The minimum atomic E-state index is 0.510. The lowest BCUT2D eigenvalue weighted by Crippen LogP contribution is -2.38. The first-order valence-corrected chi connectivity index (χ1v) is 9.49. The molecule has 0 radical (unpaired) electrons. The molecule has 0 aliphatic rings. The minimum absolute atomic E-state index is 0.510. The van der Waals surface area contributed by atoms with Crippen LogP contribution in [0.15, 0.2) is 40.7 Å². The molecule has 0 saturated carbocycles. The van der Waals surface area contributed by atoms with Gasteiger partial charge in [-0.05, 0) is 18.4 Å². The molecule has 2 aromatic rings. The van der Waals surface area contributed by atoms with Crippen molar-refractivity contribution in [2.24, 2.45) is 4.99 Å². The number of aliphatic imine (C=N–C) groups is 1. The van der Waals surface area contributed by atoms with Gasteiger partial charge in [-0.25, -0.2) is 4.98 Å². The molecule has 2 rings (SSSR count). The van der Waals surface area contributed by atoms with E-state index in [-0.39, 0.29) is 0 Å². The summed E-state index contributed by atoms with van der Waals surface area (Å²) in [7, 11) is 1.81. The number of rotatable bonds is 8. The zero-order chi connectivity index (χ0) is 17.2. The van der Waals surface area contributed by atoms with E-state index in [9.17, 15) is 0 Å². The maximum atomic E-state index is 4.66. The Morgan fingerprint density at radius 1 is 1.12 bits per heavy atom. The van der Waals surface area contributed by atoms with Crippen LogP contribution in [0, 0.1) is 0 Å². The molecule has 1 heterocycles. The van der Waals surface area contributed by atoms with E-state index in [0.717, 1.165) is 44.0 Å². The second-order valence-electron chi connectivity index (χ2n) is 6.10. The number of aromatic nitrogens is 1. The van der Waals surface area contributed by atoms with Crippen molar-refractivity contribution in [2.75, 3.05) is 20.1 Å². The van der Waals surface area contributed by atoms with Crippen molar-refractivity contribution in [1.82, 2.24) is 15.6 Å². The average molecular weight is 345 g/mol. The van der Waals surface area contributed by atoms with Crippen LogP contribution in [0.2, 0.25) is 0 Å². The summed E-state index contributed by atoms with van der Waals surface area (Å²) < 4.78 is 0. The fraction of sp³-hybridized carbons (Fsp3) is 0.474. The van der Waals surface area contributed by atoms with E-state index in [1.54, 1.807) is 11.3 Å². The largest absolute Gasteiger partial charge is 0.356 e. The summed E-state index contributed by atoms with van der Waals surface area (Å²) in [6.45, 7) is 6.13.